The Balaban J connectivity index is 2.36. The summed E-state index contributed by atoms with van der Waals surface area (Å²) >= 11 is 0. The van der Waals surface area contributed by atoms with E-state index in [2.05, 4.69) is 0 Å². The molecule has 2 aromatic carbocycles. The maximum absolute atomic E-state index is 12.8. The Labute approximate surface area is 140 Å². The molecule has 1 amide bonds. The number of hydrogen-bond acceptors (Lipinski definition) is 4. The van der Waals surface area contributed by atoms with Crippen molar-refractivity contribution in [1.82, 2.24) is 4.90 Å². The van der Waals surface area contributed by atoms with Crippen molar-refractivity contribution >= 4 is 11.6 Å². The fourth-order valence-corrected chi connectivity index (χ4v) is 2.64. The fourth-order valence-electron chi connectivity index (χ4n) is 2.64. The predicted octanol–water partition coefficient (Wildman–Crippen LogP) is 3.75. The van der Waals surface area contributed by atoms with Gasteiger partial charge in [-0.25, -0.2) is 0 Å². The average molecular weight is 328 g/mol. The molecule has 126 valence electrons. The minimum Gasteiger partial charge on any atom is -0.496 e. The summed E-state index contributed by atoms with van der Waals surface area (Å²) in [6.07, 6.45) is 0. The highest BCUT2D eigenvalue weighted by Crippen LogP contribution is 2.30. The lowest BCUT2D eigenvalue weighted by Gasteiger charge is -2.27. The molecule has 0 N–H and O–H groups in total. The minimum absolute atomic E-state index is 0.0563. The molecule has 2 aromatic rings. The molecule has 2 rings (SSSR count). The normalized spacial score (nSPS) is 11.7. The van der Waals surface area contributed by atoms with Crippen LogP contribution in [0.2, 0.25) is 0 Å². The number of carbonyl (C=O) groups excluding carboxylic acids is 1. The van der Waals surface area contributed by atoms with E-state index in [4.69, 9.17) is 4.74 Å². The molecule has 0 spiro atoms. The summed E-state index contributed by atoms with van der Waals surface area (Å²) in [5.74, 6) is 0.426. The van der Waals surface area contributed by atoms with Crippen LogP contribution in [0, 0.1) is 17.0 Å². The maximum atomic E-state index is 12.8. The summed E-state index contributed by atoms with van der Waals surface area (Å²) in [5.41, 5.74) is 1.51. The Bertz CT molecular complexity index is 773. The van der Waals surface area contributed by atoms with E-state index < -0.39 is 4.92 Å². The van der Waals surface area contributed by atoms with Crippen LogP contribution in [0.4, 0.5) is 5.69 Å². The Morgan fingerprint density at radius 1 is 1.21 bits per heavy atom. The third-order valence-corrected chi connectivity index (χ3v) is 4.22. The lowest BCUT2D eigenvalue weighted by atomic mass is 10.0. The van der Waals surface area contributed by atoms with Gasteiger partial charge in [-0.3, -0.25) is 14.9 Å². The number of hydrogen-bond donors (Lipinski definition) is 0. The van der Waals surface area contributed by atoms with E-state index in [1.165, 1.54) is 12.1 Å². The van der Waals surface area contributed by atoms with Crippen molar-refractivity contribution in [2.45, 2.75) is 19.9 Å². The summed E-state index contributed by atoms with van der Waals surface area (Å²) in [4.78, 5) is 25.0. The van der Waals surface area contributed by atoms with Crippen molar-refractivity contribution in [1.29, 1.82) is 0 Å². The van der Waals surface area contributed by atoms with Crippen molar-refractivity contribution in [3.8, 4) is 5.75 Å². The molecule has 6 nitrogen and oxygen atoms in total. The van der Waals surface area contributed by atoms with E-state index in [9.17, 15) is 14.9 Å². The molecule has 0 radical (unpaired) electrons. The van der Waals surface area contributed by atoms with E-state index in [1.54, 1.807) is 32.0 Å². The number of nitro groups is 1. The van der Waals surface area contributed by atoms with Crippen molar-refractivity contribution in [3.05, 3.63) is 69.3 Å². The highest BCUT2D eigenvalue weighted by atomic mass is 16.6. The van der Waals surface area contributed by atoms with Gasteiger partial charge in [-0.15, -0.1) is 0 Å². The van der Waals surface area contributed by atoms with Gasteiger partial charge in [-0.2, -0.15) is 0 Å². The first-order valence-corrected chi connectivity index (χ1v) is 7.52. The average Bonchev–Trinajstić information content (AvgIpc) is 2.59. The number of carbonyl (C=O) groups is 1. The molecule has 24 heavy (non-hydrogen) atoms. The number of benzene rings is 2. The summed E-state index contributed by atoms with van der Waals surface area (Å²) < 4.78 is 5.35. The van der Waals surface area contributed by atoms with Crippen LogP contribution in [-0.2, 0) is 0 Å². The van der Waals surface area contributed by atoms with Crippen LogP contribution in [0.25, 0.3) is 0 Å². The summed E-state index contributed by atoms with van der Waals surface area (Å²) in [5, 5.41) is 11.1. The molecule has 0 saturated carbocycles. The molecule has 0 aliphatic carbocycles. The third kappa shape index (κ3) is 3.22. The second kappa shape index (κ2) is 7.12. The number of rotatable bonds is 5. The first kappa shape index (κ1) is 17.5. The minimum atomic E-state index is -0.476. The zero-order valence-electron chi connectivity index (χ0n) is 14.1. The van der Waals surface area contributed by atoms with Crippen molar-refractivity contribution in [2.75, 3.05) is 14.2 Å². The number of amides is 1. The lowest BCUT2D eigenvalue weighted by Crippen LogP contribution is -2.30. The van der Waals surface area contributed by atoms with Crippen LogP contribution in [0.5, 0.6) is 5.75 Å². The molecule has 0 fully saturated rings. The Morgan fingerprint density at radius 3 is 2.50 bits per heavy atom. The molecule has 0 aliphatic rings. The molecule has 0 saturated heterocycles. The smallest absolute Gasteiger partial charge is 0.273 e. The van der Waals surface area contributed by atoms with E-state index in [1.807, 2.05) is 31.2 Å². The van der Waals surface area contributed by atoms with E-state index in [0.717, 1.165) is 5.56 Å². The number of methoxy groups -OCH3 is 1. The largest absolute Gasteiger partial charge is 0.496 e. The van der Waals surface area contributed by atoms with Crippen LogP contribution in [0.15, 0.2) is 42.5 Å². The summed E-state index contributed by atoms with van der Waals surface area (Å²) in [7, 11) is 3.26. The number of nitro benzene ring substituents is 1. The van der Waals surface area contributed by atoms with Gasteiger partial charge in [0.25, 0.3) is 11.6 Å². The SMILES string of the molecule is COc1ccccc1[C@H](C)N(C)C(=O)c1cccc([N+](=O)[O-])c1C. The van der Waals surface area contributed by atoms with Gasteiger partial charge < -0.3 is 9.64 Å². The van der Waals surface area contributed by atoms with E-state index in [0.29, 0.717) is 16.9 Å². The van der Waals surface area contributed by atoms with Gasteiger partial charge in [0.2, 0.25) is 0 Å². The van der Waals surface area contributed by atoms with Gasteiger partial charge in [0.05, 0.1) is 18.1 Å². The highest BCUT2D eigenvalue weighted by Gasteiger charge is 2.25. The van der Waals surface area contributed by atoms with Gasteiger partial charge in [0.15, 0.2) is 0 Å². The molecular weight excluding hydrogens is 308 g/mol. The number of nitrogens with zero attached hydrogens (tertiary/aromatic N) is 2. The standard InChI is InChI=1S/C18H20N2O4/c1-12-14(9-7-10-16(12)20(22)23)18(21)19(3)13(2)15-8-5-6-11-17(15)24-4/h5-11,13H,1-4H3/t13-/m0/s1. The highest BCUT2D eigenvalue weighted by molar-refractivity contribution is 5.96. The third-order valence-electron chi connectivity index (χ3n) is 4.22. The van der Waals surface area contributed by atoms with Crippen LogP contribution in [0.3, 0.4) is 0 Å². The van der Waals surface area contributed by atoms with E-state index in [-0.39, 0.29) is 17.6 Å². The van der Waals surface area contributed by atoms with Gasteiger partial charge in [0.1, 0.15) is 5.75 Å². The lowest BCUT2D eigenvalue weighted by molar-refractivity contribution is -0.385. The Hall–Kier alpha value is -2.89. The summed E-state index contributed by atoms with van der Waals surface area (Å²) in [6.45, 7) is 3.48. The first-order valence-electron chi connectivity index (χ1n) is 7.52. The van der Waals surface area contributed by atoms with Crippen molar-refractivity contribution < 1.29 is 14.5 Å². The topological polar surface area (TPSA) is 72.7 Å². The van der Waals surface area contributed by atoms with E-state index >= 15 is 0 Å². The maximum Gasteiger partial charge on any atom is 0.273 e. The molecule has 0 bridgehead atoms. The van der Waals surface area contributed by atoms with Gasteiger partial charge in [-0.05, 0) is 26.0 Å². The second-order valence-corrected chi connectivity index (χ2v) is 5.54. The second-order valence-electron chi connectivity index (χ2n) is 5.54. The first-order chi connectivity index (χ1) is 11.4. The fraction of sp³-hybridized carbons (Fsp3) is 0.278. The summed E-state index contributed by atoms with van der Waals surface area (Å²) in [6, 6.07) is 11.8. The monoisotopic (exact) mass is 328 g/mol. The van der Waals surface area contributed by atoms with Gasteiger partial charge >= 0.3 is 0 Å². The van der Waals surface area contributed by atoms with Crippen molar-refractivity contribution in [2.24, 2.45) is 0 Å². The number of para-hydroxylation sites is 1. The predicted molar refractivity (Wildman–Crippen MR) is 91.3 cm³/mol. The number of ether oxygens (including phenoxy) is 1. The molecule has 0 heterocycles. The molecular formula is C18H20N2O4. The Morgan fingerprint density at radius 2 is 1.88 bits per heavy atom. The molecule has 6 heteroatoms. The van der Waals surface area contributed by atoms with Crippen LogP contribution < -0.4 is 4.74 Å². The quantitative estimate of drug-likeness (QED) is 0.619. The van der Waals surface area contributed by atoms with Crippen LogP contribution in [-0.4, -0.2) is 29.9 Å². The van der Waals surface area contributed by atoms with Crippen LogP contribution in [0.1, 0.15) is 34.5 Å². The molecule has 0 aliphatic heterocycles. The zero-order valence-corrected chi connectivity index (χ0v) is 14.1. The van der Waals surface area contributed by atoms with Gasteiger partial charge in [0, 0.05) is 29.8 Å². The molecule has 0 aromatic heterocycles. The van der Waals surface area contributed by atoms with Gasteiger partial charge in [-0.1, -0.05) is 24.3 Å². The van der Waals surface area contributed by atoms with Crippen molar-refractivity contribution in [3.63, 3.8) is 0 Å². The zero-order chi connectivity index (χ0) is 17.9. The van der Waals surface area contributed by atoms with Crippen LogP contribution >= 0.6 is 0 Å². The molecule has 0 unspecified atom stereocenters. The Kier molecular flexibility index (Phi) is 5.18. The molecule has 1 atom stereocenters.